The molecular formula is C25H22ClN3O3. The van der Waals surface area contributed by atoms with Gasteiger partial charge in [0, 0.05) is 11.2 Å². The molecule has 4 rings (SSSR count). The number of carbonyl (C=O) groups is 2. The average Bonchev–Trinajstić information content (AvgIpc) is 3.01. The maximum Gasteiger partial charge on any atom is 0.278 e. The molecule has 0 saturated heterocycles. The highest BCUT2D eigenvalue weighted by Crippen LogP contribution is 2.35. The summed E-state index contributed by atoms with van der Waals surface area (Å²) in [6.45, 7) is 4.04. The van der Waals surface area contributed by atoms with E-state index in [0.717, 1.165) is 11.1 Å². The number of imide groups is 1. The van der Waals surface area contributed by atoms with Gasteiger partial charge in [0.15, 0.2) is 0 Å². The van der Waals surface area contributed by atoms with Crippen LogP contribution in [0.4, 0.5) is 5.69 Å². The standard InChI is InChI=1S/C25H22ClN3O3/c1-15-7-8-17(12-16(15)2)22-23(28-20-13-18(26)9-10-21(20)32-3)25(31)29(24(22)30)14-19-6-4-5-11-27-19/h4-13,28H,14H2,1-3H3. The van der Waals surface area contributed by atoms with Crippen LogP contribution in [0.1, 0.15) is 22.4 Å². The molecule has 2 amide bonds. The van der Waals surface area contributed by atoms with Gasteiger partial charge in [-0.2, -0.15) is 0 Å². The monoisotopic (exact) mass is 447 g/mol. The molecule has 0 aliphatic carbocycles. The average molecular weight is 448 g/mol. The summed E-state index contributed by atoms with van der Waals surface area (Å²) in [6, 6.07) is 16.1. The lowest BCUT2D eigenvalue weighted by Crippen LogP contribution is -2.32. The maximum atomic E-state index is 13.5. The number of anilines is 1. The molecule has 2 aromatic carbocycles. The Morgan fingerprint density at radius 1 is 1.00 bits per heavy atom. The van der Waals surface area contributed by atoms with Crippen molar-refractivity contribution in [2.24, 2.45) is 0 Å². The van der Waals surface area contributed by atoms with Crippen LogP contribution >= 0.6 is 11.6 Å². The van der Waals surface area contributed by atoms with E-state index in [-0.39, 0.29) is 18.1 Å². The number of hydrogen-bond donors (Lipinski definition) is 1. The Kier molecular flexibility index (Phi) is 5.97. The van der Waals surface area contributed by atoms with Gasteiger partial charge in [-0.1, -0.05) is 35.9 Å². The lowest BCUT2D eigenvalue weighted by molar-refractivity contribution is -0.137. The number of methoxy groups -OCH3 is 1. The van der Waals surface area contributed by atoms with Gasteiger partial charge in [0.05, 0.1) is 30.6 Å². The number of pyridine rings is 1. The van der Waals surface area contributed by atoms with E-state index < -0.39 is 5.91 Å². The van der Waals surface area contributed by atoms with Crippen molar-refractivity contribution in [1.29, 1.82) is 0 Å². The Balaban J connectivity index is 1.81. The van der Waals surface area contributed by atoms with Crippen LogP contribution in [-0.4, -0.2) is 28.8 Å². The van der Waals surface area contributed by atoms with Crippen molar-refractivity contribution < 1.29 is 14.3 Å². The minimum absolute atomic E-state index is 0.0741. The van der Waals surface area contributed by atoms with Crippen LogP contribution in [0.15, 0.2) is 66.5 Å². The molecule has 0 saturated carbocycles. The topological polar surface area (TPSA) is 71.5 Å². The molecule has 0 atom stereocenters. The zero-order valence-corrected chi connectivity index (χ0v) is 18.7. The molecule has 1 aliphatic heterocycles. The van der Waals surface area contributed by atoms with Crippen molar-refractivity contribution in [3.63, 3.8) is 0 Å². The molecule has 0 spiro atoms. The number of amides is 2. The second kappa shape index (κ2) is 8.85. The number of nitrogens with one attached hydrogen (secondary N) is 1. The van der Waals surface area contributed by atoms with Crippen LogP contribution < -0.4 is 10.1 Å². The van der Waals surface area contributed by atoms with Crippen molar-refractivity contribution in [1.82, 2.24) is 9.88 Å². The molecule has 32 heavy (non-hydrogen) atoms. The van der Waals surface area contributed by atoms with Crippen LogP contribution in [0.3, 0.4) is 0 Å². The summed E-state index contributed by atoms with van der Waals surface area (Å²) in [7, 11) is 1.53. The normalized spacial score (nSPS) is 13.7. The second-order valence-electron chi connectivity index (χ2n) is 7.54. The van der Waals surface area contributed by atoms with E-state index in [1.807, 2.05) is 38.1 Å². The van der Waals surface area contributed by atoms with Gasteiger partial charge in [-0.05, 0) is 60.9 Å². The third-order valence-electron chi connectivity index (χ3n) is 5.43. The summed E-state index contributed by atoms with van der Waals surface area (Å²) >= 11 is 6.17. The summed E-state index contributed by atoms with van der Waals surface area (Å²) < 4.78 is 5.41. The maximum absolute atomic E-state index is 13.5. The molecule has 3 aromatic rings. The van der Waals surface area contributed by atoms with Gasteiger partial charge in [-0.25, -0.2) is 0 Å². The Bertz CT molecular complexity index is 1240. The molecule has 1 N–H and O–H groups in total. The highest BCUT2D eigenvalue weighted by molar-refractivity contribution is 6.36. The van der Waals surface area contributed by atoms with E-state index >= 15 is 0 Å². The van der Waals surface area contributed by atoms with Gasteiger partial charge in [0.2, 0.25) is 0 Å². The largest absolute Gasteiger partial charge is 0.495 e. The molecular weight excluding hydrogens is 426 g/mol. The van der Waals surface area contributed by atoms with Gasteiger partial charge in [-0.15, -0.1) is 0 Å². The lowest BCUT2D eigenvalue weighted by Gasteiger charge is -2.15. The molecule has 2 heterocycles. The van der Waals surface area contributed by atoms with Gasteiger partial charge in [0.25, 0.3) is 11.8 Å². The van der Waals surface area contributed by atoms with Crippen LogP contribution in [0, 0.1) is 13.8 Å². The Labute approximate surface area is 191 Å². The third-order valence-corrected chi connectivity index (χ3v) is 5.67. The molecule has 0 fully saturated rings. The Morgan fingerprint density at radius 2 is 1.81 bits per heavy atom. The zero-order chi connectivity index (χ0) is 22.8. The number of hydrogen-bond acceptors (Lipinski definition) is 5. The fourth-order valence-corrected chi connectivity index (χ4v) is 3.74. The molecule has 162 valence electrons. The first-order valence-corrected chi connectivity index (χ1v) is 10.5. The minimum atomic E-state index is -0.434. The Hall–Kier alpha value is -3.64. The highest BCUT2D eigenvalue weighted by Gasteiger charge is 2.39. The first-order chi connectivity index (χ1) is 15.4. The Morgan fingerprint density at radius 3 is 2.50 bits per heavy atom. The van der Waals surface area contributed by atoms with Crippen molar-refractivity contribution in [2.45, 2.75) is 20.4 Å². The van der Waals surface area contributed by atoms with E-state index in [9.17, 15) is 9.59 Å². The number of aromatic nitrogens is 1. The van der Waals surface area contributed by atoms with E-state index in [2.05, 4.69) is 10.3 Å². The van der Waals surface area contributed by atoms with E-state index in [1.54, 1.807) is 36.5 Å². The zero-order valence-electron chi connectivity index (χ0n) is 18.0. The van der Waals surface area contributed by atoms with E-state index in [0.29, 0.717) is 33.3 Å². The highest BCUT2D eigenvalue weighted by atomic mass is 35.5. The first kappa shape index (κ1) is 21.6. The number of aryl methyl sites for hydroxylation is 2. The predicted octanol–water partition coefficient (Wildman–Crippen LogP) is 4.75. The van der Waals surface area contributed by atoms with Crippen LogP contribution in [-0.2, 0) is 16.1 Å². The smallest absolute Gasteiger partial charge is 0.278 e. The molecule has 7 heteroatoms. The van der Waals surface area contributed by atoms with Crippen LogP contribution in [0.25, 0.3) is 5.57 Å². The SMILES string of the molecule is COc1ccc(Cl)cc1NC1=C(c2ccc(C)c(C)c2)C(=O)N(Cc2ccccn2)C1=O. The van der Waals surface area contributed by atoms with Crippen molar-refractivity contribution in [3.8, 4) is 5.75 Å². The van der Waals surface area contributed by atoms with Crippen molar-refractivity contribution >= 4 is 34.7 Å². The number of ether oxygens (including phenoxy) is 1. The number of benzene rings is 2. The molecule has 1 aromatic heterocycles. The van der Waals surface area contributed by atoms with E-state index in [1.165, 1.54) is 12.0 Å². The first-order valence-electron chi connectivity index (χ1n) is 10.1. The van der Waals surface area contributed by atoms with Crippen molar-refractivity contribution in [3.05, 3.63) is 93.9 Å². The van der Waals surface area contributed by atoms with Crippen LogP contribution in [0.2, 0.25) is 5.02 Å². The fraction of sp³-hybridized carbons (Fsp3) is 0.160. The number of rotatable bonds is 6. The summed E-state index contributed by atoms with van der Waals surface area (Å²) in [5.74, 6) is -0.312. The number of carbonyl (C=O) groups excluding carboxylic acids is 2. The fourth-order valence-electron chi connectivity index (χ4n) is 3.57. The van der Waals surface area contributed by atoms with Gasteiger partial charge in [-0.3, -0.25) is 19.5 Å². The molecule has 1 aliphatic rings. The minimum Gasteiger partial charge on any atom is -0.495 e. The summed E-state index contributed by atoms with van der Waals surface area (Å²) in [4.78, 5) is 32.3. The third kappa shape index (κ3) is 4.09. The lowest BCUT2D eigenvalue weighted by atomic mass is 9.99. The summed E-state index contributed by atoms with van der Waals surface area (Å²) in [5, 5.41) is 3.59. The molecule has 0 radical (unpaired) electrons. The van der Waals surface area contributed by atoms with Gasteiger partial charge >= 0.3 is 0 Å². The van der Waals surface area contributed by atoms with Crippen molar-refractivity contribution in [2.75, 3.05) is 12.4 Å². The van der Waals surface area contributed by atoms with Gasteiger partial charge < -0.3 is 10.1 Å². The molecule has 0 bridgehead atoms. The number of halogens is 1. The van der Waals surface area contributed by atoms with Crippen LogP contribution in [0.5, 0.6) is 5.75 Å². The predicted molar refractivity (Wildman–Crippen MR) is 124 cm³/mol. The quantitative estimate of drug-likeness (QED) is 0.552. The summed E-state index contributed by atoms with van der Waals surface area (Å²) in [5.41, 5.74) is 4.39. The van der Waals surface area contributed by atoms with Gasteiger partial charge in [0.1, 0.15) is 11.4 Å². The number of nitrogens with zero attached hydrogens (tertiary/aromatic N) is 2. The summed E-state index contributed by atoms with van der Waals surface area (Å²) in [6.07, 6.45) is 1.63. The second-order valence-corrected chi connectivity index (χ2v) is 7.97. The molecule has 0 unspecified atom stereocenters. The van der Waals surface area contributed by atoms with E-state index in [4.69, 9.17) is 16.3 Å². The molecule has 6 nitrogen and oxygen atoms in total.